The van der Waals surface area contributed by atoms with Crippen LogP contribution >= 0.6 is 0 Å². The summed E-state index contributed by atoms with van der Waals surface area (Å²) < 4.78 is 34.2. The van der Waals surface area contributed by atoms with Crippen molar-refractivity contribution in [2.75, 3.05) is 30.5 Å². The number of ether oxygens (including phenoxy) is 1. The molecule has 7 nitrogen and oxygen atoms in total. The number of benzene rings is 2. The molecular formula is C26H30F2N4O3. The van der Waals surface area contributed by atoms with Crippen molar-refractivity contribution < 1.29 is 23.4 Å². The fourth-order valence-electron chi connectivity index (χ4n) is 4.91. The van der Waals surface area contributed by atoms with Crippen LogP contribution in [0.5, 0.6) is 0 Å². The lowest BCUT2D eigenvalue weighted by Gasteiger charge is -2.23. The van der Waals surface area contributed by atoms with E-state index in [-0.39, 0.29) is 17.5 Å². The second kappa shape index (κ2) is 8.80. The minimum atomic E-state index is -3.33. The van der Waals surface area contributed by atoms with E-state index in [4.69, 9.17) is 9.84 Å². The van der Waals surface area contributed by atoms with Gasteiger partial charge in [0.05, 0.1) is 17.4 Å². The molecule has 1 unspecified atom stereocenters. The van der Waals surface area contributed by atoms with E-state index in [0.717, 1.165) is 22.0 Å². The molecule has 0 bridgehead atoms. The lowest BCUT2D eigenvalue weighted by Crippen LogP contribution is -2.39. The van der Waals surface area contributed by atoms with E-state index in [1.165, 1.54) is 13.2 Å². The Labute approximate surface area is 203 Å². The molecule has 2 N–H and O–H groups in total. The fraction of sp³-hybridized carbons (Fsp3) is 0.423. The summed E-state index contributed by atoms with van der Waals surface area (Å²) in [4.78, 5) is 14.8. The van der Waals surface area contributed by atoms with Gasteiger partial charge >= 0.3 is 0 Å². The van der Waals surface area contributed by atoms with Crippen LogP contribution in [0, 0.1) is 13.8 Å². The van der Waals surface area contributed by atoms with Crippen LogP contribution in [0.4, 0.5) is 20.3 Å². The van der Waals surface area contributed by atoms with Gasteiger partial charge in [-0.2, -0.15) is 13.9 Å². The van der Waals surface area contributed by atoms with Crippen LogP contribution in [0.2, 0.25) is 0 Å². The number of rotatable bonds is 7. The van der Waals surface area contributed by atoms with Gasteiger partial charge in [0.15, 0.2) is 11.4 Å². The van der Waals surface area contributed by atoms with Crippen LogP contribution in [0.3, 0.4) is 0 Å². The fourth-order valence-corrected chi connectivity index (χ4v) is 4.91. The zero-order chi connectivity index (χ0) is 25.7. The minimum Gasteiger partial charge on any atom is -0.390 e. The number of hydrogen-bond donors (Lipinski definition) is 2. The number of aliphatic hydroxyl groups is 1. The van der Waals surface area contributed by atoms with Crippen molar-refractivity contribution in [2.24, 2.45) is 0 Å². The number of hydrogen-bond acceptors (Lipinski definition) is 6. The number of amides is 1. The van der Waals surface area contributed by atoms with Gasteiger partial charge in [-0.05, 0) is 57.9 Å². The molecule has 0 fully saturated rings. The molecular weight excluding hydrogens is 454 g/mol. The van der Waals surface area contributed by atoms with E-state index >= 15 is 0 Å². The summed E-state index contributed by atoms with van der Waals surface area (Å²) in [5.74, 6) is -2.98. The summed E-state index contributed by atoms with van der Waals surface area (Å²) in [6, 6.07) is 8.11. The Morgan fingerprint density at radius 2 is 1.94 bits per heavy atom. The molecule has 3 aromatic rings. The number of likely N-dealkylation sites (N-methyl/N-ethyl adjacent to an activating group) is 1. The van der Waals surface area contributed by atoms with E-state index in [1.54, 1.807) is 30.9 Å². The largest absolute Gasteiger partial charge is 0.390 e. The molecule has 0 radical (unpaired) electrons. The van der Waals surface area contributed by atoms with Crippen LogP contribution in [0.25, 0.3) is 10.8 Å². The van der Waals surface area contributed by atoms with Crippen LogP contribution in [-0.2, 0) is 21.1 Å². The number of carbonyl (C=O) groups excluding carboxylic acids is 1. The average Bonchev–Trinajstić information content (AvgIpc) is 3.05. The van der Waals surface area contributed by atoms with E-state index in [1.807, 2.05) is 32.9 Å². The zero-order valence-corrected chi connectivity index (χ0v) is 20.7. The SMILES string of the molecule is CCN1C(=O)C(C)(OC)c2cc3c(C)nnc(N[C@H](C)c4cccc(C(F)(F)CO)c4C)c3cc21. The smallest absolute Gasteiger partial charge is 0.296 e. The number of aryl methyl sites for hydroxylation is 1. The number of fused-ring (bicyclic) bond motifs is 2. The number of methoxy groups -OCH3 is 1. The van der Waals surface area contributed by atoms with Crippen molar-refractivity contribution in [3.63, 3.8) is 0 Å². The second-order valence-electron chi connectivity index (χ2n) is 9.08. The normalized spacial score (nSPS) is 18.8. The van der Waals surface area contributed by atoms with Gasteiger partial charge in [0, 0.05) is 35.6 Å². The maximum Gasteiger partial charge on any atom is 0.296 e. The third-order valence-corrected chi connectivity index (χ3v) is 7.05. The number of aliphatic hydroxyl groups excluding tert-OH is 1. The molecule has 186 valence electrons. The molecule has 35 heavy (non-hydrogen) atoms. The first-order valence-corrected chi connectivity index (χ1v) is 11.5. The molecule has 1 aromatic heterocycles. The highest BCUT2D eigenvalue weighted by molar-refractivity contribution is 6.10. The van der Waals surface area contributed by atoms with Gasteiger partial charge in [-0.25, -0.2) is 0 Å². The summed E-state index contributed by atoms with van der Waals surface area (Å²) in [5.41, 5.74) is 1.97. The summed E-state index contributed by atoms with van der Waals surface area (Å²) >= 11 is 0. The summed E-state index contributed by atoms with van der Waals surface area (Å²) in [6.45, 7) is 8.21. The summed E-state index contributed by atoms with van der Waals surface area (Å²) in [5, 5.41) is 22.7. The first-order valence-electron chi connectivity index (χ1n) is 11.5. The van der Waals surface area contributed by atoms with Crippen LogP contribution in [-0.4, -0.2) is 41.5 Å². The van der Waals surface area contributed by atoms with Gasteiger partial charge < -0.3 is 20.1 Å². The second-order valence-corrected chi connectivity index (χ2v) is 9.08. The molecule has 0 aliphatic carbocycles. The highest BCUT2D eigenvalue weighted by atomic mass is 19.3. The first kappa shape index (κ1) is 24.9. The summed E-state index contributed by atoms with van der Waals surface area (Å²) in [7, 11) is 1.52. The van der Waals surface area contributed by atoms with E-state index in [0.29, 0.717) is 29.2 Å². The molecule has 0 spiro atoms. The Hall–Kier alpha value is -3.17. The Kier molecular flexibility index (Phi) is 6.27. The van der Waals surface area contributed by atoms with E-state index < -0.39 is 18.1 Å². The molecule has 0 saturated carbocycles. The quantitative estimate of drug-likeness (QED) is 0.504. The summed E-state index contributed by atoms with van der Waals surface area (Å²) in [6.07, 6.45) is 0. The Balaban J connectivity index is 1.81. The molecule has 2 atom stereocenters. The topological polar surface area (TPSA) is 87.6 Å². The Morgan fingerprint density at radius 1 is 1.23 bits per heavy atom. The molecule has 1 aliphatic heterocycles. The van der Waals surface area contributed by atoms with Gasteiger partial charge in [-0.3, -0.25) is 4.79 Å². The number of nitrogens with zero attached hydrogens (tertiary/aromatic N) is 3. The minimum absolute atomic E-state index is 0.133. The number of anilines is 2. The van der Waals surface area contributed by atoms with Gasteiger partial charge in [0.2, 0.25) is 0 Å². The molecule has 4 rings (SSSR count). The monoisotopic (exact) mass is 484 g/mol. The third-order valence-electron chi connectivity index (χ3n) is 7.05. The van der Waals surface area contributed by atoms with Gasteiger partial charge in [0.1, 0.15) is 6.61 Å². The number of aromatic nitrogens is 2. The van der Waals surface area contributed by atoms with Gasteiger partial charge in [-0.15, -0.1) is 5.10 Å². The van der Waals surface area contributed by atoms with Crippen LogP contribution < -0.4 is 10.2 Å². The highest BCUT2D eigenvalue weighted by Crippen LogP contribution is 2.45. The molecule has 0 saturated heterocycles. The average molecular weight is 485 g/mol. The van der Waals surface area contributed by atoms with Gasteiger partial charge in [-0.1, -0.05) is 18.2 Å². The maximum atomic E-state index is 14.3. The molecule has 1 aliphatic rings. The predicted octanol–water partition coefficient (Wildman–Crippen LogP) is 4.73. The van der Waals surface area contributed by atoms with Crippen molar-refractivity contribution in [3.8, 4) is 0 Å². The number of nitrogens with one attached hydrogen (secondary N) is 1. The van der Waals surface area contributed by atoms with Gasteiger partial charge in [0.25, 0.3) is 11.8 Å². The third kappa shape index (κ3) is 3.83. The maximum absolute atomic E-state index is 14.3. The standard InChI is InChI=1S/C26H30F2N4O3/c1-7-32-22-12-19-18(11-21(22)25(5,35-6)24(32)34)16(4)30-31-23(19)29-15(3)17-9-8-10-20(14(17)2)26(27,28)13-33/h8-12,15,33H,7,13H2,1-6H3,(H,29,31)/t15-,25?/m1/s1. The van der Waals surface area contributed by atoms with Crippen LogP contribution in [0.15, 0.2) is 30.3 Å². The van der Waals surface area contributed by atoms with Crippen molar-refractivity contribution in [1.82, 2.24) is 10.2 Å². The van der Waals surface area contributed by atoms with Crippen molar-refractivity contribution in [3.05, 3.63) is 58.3 Å². The lowest BCUT2D eigenvalue weighted by molar-refractivity contribution is -0.137. The molecule has 1 amide bonds. The lowest BCUT2D eigenvalue weighted by atomic mass is 9.93. The van der Waals surface area contributed by atoms with Crippen molar-refractivity contribution >= 4 is 28.2 Å². The Morgan fingerprint density at radius 3 is 2.57 bits per heavy atom. The number of alkyl halides is 2. The number of carbonyl (C=O) groups is 1. The Bertz CT molecular complexity index is 1310. The van der Waals surface area contributed by atoms with Crippen molar-refractivity contribution in [2.45, 2.75) is 52.2 Å². The predicted molar refractivity (Wildman–Crippen MR) is 131 cm³/mol. The van der Waals surface area contributed by atoms with E-state index in [9.17, 15) is 13.6 Å². The number of halogens is 2. The highest BCUT2D eigenvalue weighted by Gasteiger charge is 2.47. The van der Waals surface area contributed by atoms with Crippen molar-refractivity contribution in [1.29, 1.82) is 0 Å². The molecule has 9 heteroatoms. The molecule has 2 heterocycles. The van der Waals surface area contributed by atoms with E-state index in [2.05, 4.69) is 15.5 Å². The zero-order valence-electron chi connectivity index (χ0n) is 20.7. The first-order chi connectivity index (χ1) is 16.5. The molecule has 2 aromatic carbocycles. The van der Waals surface area contributed by atoms with Crippen LogP contribution in [0.1, 0.15) is 54.8 Å².